The molecule has 2 aromatic rings. The van der Waals surface area contributed by atoms with Crippen molar-refractivity contribution in [1.82, 2.24) is 15.2 Å². The van der Waals surface area contributed by atoms with Crippen LogP contribution < -0.4 is 27.2 Å². The van der Waals surface area contributed by atoms with Gasteiger partial charge in [0.25, 0.3) is 5.91 Å². The molecule has 1 aliphatic heterocycles. The number of sulfone groups is 1. The molecule has 44 heavy (non-hydrogen) atoms. The smallest absolute Gasteiger partial charge is 0.396 e. The highest BCUT2D eigenvalue weighted by Gasteiger charge is 2.31. The quantitative estimate of drug-likeness (QED) is 0.171. The Morgan fingerprint density at radius 1 is 1.20 bits per heavy atom. The van der Waals surface area contributed by atoms with Gasteiger partial charge in [0.15, 0.2) is 15.0 Å². The molecule has 1 aliphatic rings. The topological polar surface area (TPSA) is 164 Å². The Labute approximate surface area is 257 Å². The lowest BCUT2D eigenvalue weighted by molar-refractivity contribution is -0.114. The lowest BCUT2D eigenvalue weighted by atomic mass is 10.1. The second-order valence-corrected chi connectivity index (χ2v) is 13.5. The van der Waals surface area contributed by atoms with Crippen molar-refractivity contribution in [2.75, 3.05) is 41.5 Å². The highest BCUT2D eigenvalue weighted by atomic mass is 32.2. The molecule has 2 heterocycles. The Hall–Kier alpha value is -3.99. The van der Waals surface area contributed by atoms with E-state index in [-0.39, 0.29) is 59.6 Å². The number of hydrazine groups is 1. The zero-order chi connectivity index (χ0) is 32.8. The predicted molar refractivity (Wildman–Crippen MR) is 166 cm³/mol. The number of nitrogens with two attached hydrogens (primary N) is 2. The van der Waals surface area contributed by atoms with Crippen molar-refractivity contribution in [3.8, 4) is 0 Å². The SMILES string of the molecule is C=C(/C=C(\C=C(/C)NC(=O)c1ccc(C)c(N(N)/C=C(\N)c2cnc(NC(C)=O)s2)c1)CN1CCS(=O)(=O)CC1)C(F)(F)F. The summed E-state index contributed by atoms with van der Waals surface area (Å²) in [4.78, 5) is 30.7. The molecule has 0 radical (unpaired) electrons. The Balaban J connectivity index is 1.79. The number of carbonyl (C=O) groups excluding carboxylic acids is 2. The van der Waals surface area contributed by atoms with Gasteiger partial charge >= 0.3 is 6.18 Å². The summed E-state index contributed by atoms with van der Waals surface area (Å²) in [6.07, 6.45) is 0.557. The highest BCUT2D eigenvalue weighted by molar-refractivity contribution is 7.91. The van der Waals surface area contributed by atoms with E-state index >= 15 is 0 Å². The summed E-state index contributed by atoms with van der Waals surface area (Å²) in [7, 11) is -3.17. The number of thiazole rings is 1. The molecule has 0 spiro atoms. The van der Waals surface area contributed by atoms with Gasteiger partial charge in [0.2, 0.25) is 5.91 Å². The third kappa shape index (κ3) is 10.0. The summed E-state index contributed by atoms with van der Waals surface area (Å²) >= 11 is 1.15. The van der Waals surface area contributed by atoms with Gasteiger partial charge in [-0.2, -0.15) is 13.2 Å². The van der Waals surface area contributed by atoms with Crippen LogP contribution in [0.3, 0.4) is 0 Å². The first-order valence-corrected chi connectivity index (χ1v) is 15.8. The Morgan fingerprint density at radius 2 is 1.86 bits per heavy atom. The van der Waals surface area contributed by atoms with E-state index in [0.717, 1.165) is 23.0 Å². The number of nitrogens with one attached hydrogen (secondary N) is 2. The van der Waals surface area contributed by atoms with Crippen LogP contribution in [0.15, 0.2) is 66.2 Å². The first-order chi connectivity index (χ1) is 20.4. The van der Waals surface area contributed by atoms with Gasteiger partial charge in [-0.1, -0.05) is 24.0 Å². The Bertz CT molecular complexity index is 1620. The van der Waals surface area contributed by atoms with E-state index in [4.69, 9.17) is 11.6 Å². The molecule has 3 rings (SSSR count). The summed E-state index contributed by atoms with van der Waals surface area (Å²) in [5, 5.41) is 6.86. The molecule has 11 nitrogen and oxygen atoms in total. The molecule has 2 amide bonds. The van der Waals surface area contributed by atoms with E-state index in [2.05, 4.69) is 22.2 Å². The predicted octanol–water partition coefficient (Wildman–Crippen LogP) is 3.46. The van der Waals surface area contributed by atoms with E-state index in [1.54, 1.807) is 24.0 Å². The second kappa shape index (κ2) is 14.2. The number of aryl methyl sites for hydroxylation is 1. The number of aromatic nitrogens is 1. The molecule has 0 unspecified atom stereocenters. The zero-order valence-electron chi connectivity index (χ0n) is 24.4. The minimum atomic E-state index is -4.65. The average molecular weight is 654 g/mol. The number of allylic oxidation sites excluding steroid dienone is 3. The summed E-state index contributed by atoms with van der Waals surface area (Å²) in [5.41, 5.74) is 7.23. The summed E-state index contributed by atoms with van der Waals surface area (Å²) in [6, 6.07) is 4.78. The summed E-state index contributed by atoms with van der Waals surface area (Å²) in [6.45, 7) is 8.16. The number of hydrogen-bond acceptors (Lipinski definition) is 10. The largest absolute Gasteiger partial charge is 0.415 e. The Morgan fingerprint density at radius 3 is 2.48 bits per heavy atom. The van der Waals surface area contributed by atoms with Gasteiger partial charge in [0.05, 0.1) is 27.8 Å². The monoisotopic (exact) mass is 653 g/mol. The number of halogens is 3. The molecule has 1 aromatic heterocycles. The minimum absolute atomic E-state index is 0.0362. The minimum Gasteiger partial charge on any atom is -0.396 e. The number of amides is 2. The maximum Gasteiger partial charge on any atom is 0.415 e. The van der Waals surface area contributed by atoms with E-state index in [1.807, 2.05) is 0 Å². The molecule has 16 heteroatoms. The molecule has 1 fully saturated rings. The number of carbonyl (C=O) groups is 2. The van der Waals surface area contributed by atoms with Gasteiger partial charge in [-0.25, -0.2) is 19.2 Å². The zero-order valence-corrected chi connectivity index (χ0v) is 26.0. The van der Waals surface area contributed by atoms with Gasteiger partial charge in [-0.15, -0.1) is 0 Å². The van der Waals surface area contributed by atoms with Crippen molar-refractivity contribution in [2.45, 2.75) is 26.9 Å². The van der Waals surface area contributed by atoms with Crippen molar-refractivity contribution >= 4 is 49.5 Å². The van der Waals surface area contributed by atoms with Gasteiger partial charge in [-0.05, 0) is 49.3 Å². The molecule has 0 bridgehead atoms. The van der Waals surface area contributed by atoms with Crippen LogP contribution in [-0.2, 0) is 14.6 Å². The van der Waals surface area contributed by atoms with E-state index < -0.39 is 27.5 Å². The molecule has 0 saturated carbocycles. The lowest BCUT2D eigenvalue weighted by Crippen LogP contribution is -2.41. The number of alkyl halides is 3. The molecule has 1 saturated heterocycles. The Kier molecular flexibility index (Phi) is 11.1. The number of hydrogen-bond donors (Lipinski definition) is 4. The fourth-order valence-corrected chi connectivity index (χ4v) is 6.16. The fourth-order valence-electron chi connectivity index (χ4n) is 4.10. The van der Waals surface area contributed by atoms with Crippen molar-refractivity contribution < 1.29 is 31.2 Å². The van der Waals surface area contributed by atoms with Crippen LogP contribution in [0.5, 0.6) is 0 Å². The summed E-state index contributed by atoms with van der Waals surface area (Å²) < 4.78 is 63.3. The van der Waals surface area contributed by atoms with E-state index in [1.165, 1.54) is 43.4 Å². The molecular formula is C28H34F3N7O4S2. The van der Waals surface area contributed by atoms with Crippen LogP contribution in [0.25, 0.3) is 5.70 Å². The third-order valence-electron chi connectivity index (χ3n) is 6.38. The van der Waals surface area contributed by atoms with Crippen LogP contribution in [-0.4, -0.2) is 67.4 Å². The number of nitrogens with zero attached hydrogens (tertiary/aromatic N) is 3. The number of rotatable bonds is 10. The first kappa shape index (κ1) is 34.5. The van der Waals surface area contributed by atoms with E-state index in [9.17, 15) is 31.2 Å². The van der Waals surface area contributed by atoms with Crippen molar-refractivity contribution in [3.63, 3.8) is 0 Å². The molecular weight excluding hydrogens is 619 g/mol. The molecule has 1 aromatic carbocycles. The van der Waals surface area contributed by atoms with Crippen LogP contribution in [0, 0.1) is 6.92 Å². The van der Waals surface area contributed by atoms with Crippen molar-refractivity contribution in [3.05, 3.63) is 82.2 Å². The second-order valence-electron chi connectivity index (χ2n) is 10.2. The third-order valence-corrected chi connectivity index (χ3v) is 8.95. The first-order valence-electron chi connectivity index (χ1n) is 13.2. The molecule has 6 N–H and O–H groups in total. The van der Waals surface area contributed by atoms with Gasteiger partial charge in [-0.3, -0.25) is 19.5 Å². The number of benzene rings is 1. The van der Waals surface area contributed by atoms with E-state index in [0.29, 0.717) is 15.7 Å². The average Bonchev–Trinajstić information content (AvgIpc) is 3.37. The summed E-state index contributed by atoms with van der Waals surface area (Å²) in [5.74, 6) is 5.26. The maximum atomic E-state index is 13.2. The molecule has 238 valence electrons. The maximum absolute atomic E-state index is 13.2. The van der Waals surface area contributed by atoms with Crippen LogP contribution in [0.1, 0.15) is 34.6 Å². The van der Waals surface area contributed by atoms with Crippen molar-refractivity contribution in [2.24, 2.45) is 11.6 Å². The standard InChI is InChI=1S/C28H34F3N7O4S2/c1-17-5-6-22(13-24(17)38(33)16-23(32)25-14-34-27(43-25)36-20(4)39)26(40)35-19(3)12-21(11-18(2)28(29,30)31)15-37-7-9-44(41,42)10-8-37/h5-6,11-14,16H,2,7-10,15,32-33H2,1,3-4H3,(H,35,40)(H,34,36,39)/b19-12+,21-11+,23-16-. The number of anilines is 2. The molecule has 0 atom stereocenters. The highest BCUT2D eigenvalue weighted by Crippen LogP contribution is 2.27. The normalized spacial score (nSPS) is 16.4. The van der Waals surface area contributed by atoms with Gasteiger partial charge in [0, 0.05) is 55.8 Å². The van der Waals surface area contributed by atoms with Gasteiger partial charge in [0.1, 0.15) is 0 Å². The van der Waals surface area contributed by atoms with Crippen LogP contribution >= 0.6 is 11.3 Å². The fraction of sp³-hybridized carbons (Fsp3) is 0.321. The van der Waals surface area contributed by atoms with Crippen LogP contribution in [0.4, 0.5) is 24.0 Å². The van der Waals surface area contributed by atoms with Crippen LogP contribution in [0.2, 0.25) is 0 Å². The molecule has 0 aliphatic carbocycles. The van der Waals surface area contributed by atoms with Gasteiger partial charge < -0.3 is 16.4 Å². The lowest BCUT2D eigenvalue weighted by Gasteiger charge is -2.27. The van der Waals surface area contributed by atoms with Crippen molar-refractivity contribution in [1.29, 1.82) is 0 Å².